The minimum absolute atomic E-state index is 0.276. The van der Waals surface area contributed by atoms with E-state index in [4.69, 9.17) is 0 Å². The molecule has 0 saturated heterocycles. The Morgan fingerprint density at radius 2 is 1.54 bits per heavy atom. The highest BCUT2D eigenvalue weighted by Gasteiger charge is 2.23. The molecular formula is C21H16BrNO2S. The van der Waals surface area contributed by atoms with E-state index < -0.39 is 10.0 Å². The Bertz CT molecular complexity index is 1190. The van der Waals surface area contributed by atoms with Crippen LogP contribution in [-0.4, -0.2) is 12.4 Å². The molecule has 3 aromatic carbocycles. The molecule has 130 valence electrons. The number of benzene rings is 3. The molecule has 0 aliphatic heterocycles. The molecular weight excluding hydrogens is 410 g/mol. The molecule has 0 atom stereocenters. The summed E-state index contributed by atoms with van der Waals surface area (Å²) in [6, 6.07) is 24.1. The van der Waals surface area contributed by atoms with Crippen LogP contribution in [0.5, 0.6) is 0 Å². The molecule has 0 aliphatic carbocycles. The van der Waals surface area contributed by atoms with Gasteiger partial charge in [0.05, 0.1) is 16.1 Å². The average molecular weight is 426 g/mol. The van der Waals surface area contributed by atoms with Crippen LogP contribution < -0.4 is 0 Å². The van der Waals surface area contributed by atoms with Crippen molar-refractivity contribution in [1.82, 2.24) is 3.97 Å². The highest BCUT2D eigenvalue weighted by atomic mass is 79.9. The fourth-order valence-electron chi connectivity index (χ4n) is 3.03. The number of fused-ring (bicyclic) bond motifs is 1. The molecule has 4 aromatic rings. The monoisotopic (exact) mass is 425 g/mol. The van der Waals surface area contributed by atoms with Crippen LogP contribution in [0.15, 0.2) is 88.2 Å². The minimum atomic E-state index is -3.74. The molecule has 0 aliphatic rings. The number of hydrogen-bond donors (Lipinski definition) is 0. The Labute approximate surface area is 161 Å². The molecule has 26 heavy (non-hydrogen) atoms. The summed E-state index contributed by atoms with van der Waals surface area (Å²) in [5.74, 6) is 0. The first-order chi connectivity index (χ1) is 12.5. The van der Waals surface area contributed by atoms with E-state index in [1.54, 1.807) is 12.1 Å². The zero-order valence-electron chi connectivity index (χ0n) is 14.1. The topological polar surface area (TPSA) is 39.1 Å². The molecule has 1 aromatic heterocycles. The molecule has 0 spiro atoms. The largest absolute Gasteiger partial charge is 0.268 e. The number of aryl methyl sites for hydroxylation is 1. The number of aromatic nitrogens is 1. The Hall–Kier alpha value is -2.37. The third-order valence-corrected chi connectivity index (χ3v) is 6.59. The van der Waals surface area contributed by atoms with Crippen LogP contribution >= 0.6 is 15.9 Å². The summed E-state index contributed by atoms with van der Waals surface area (Å²) in [5.41, 5.74) is 3.18. The summed E-state index contributed by atoms with van der Waals surface area (Å²) in [7, 11) is -3.74. The lowest BCUT2D eigenvalue weighted by molar-refractivity contribution is 0.589. The van der Waals surface area contributed by atoms with E-state index in [1.807, 2.05) is 73.7 Å². The fourth-order valence-corrected chi connectivity index (χ4v) is 4.91. The normalized spacial score (nSPS) is 11.8. The second-order valence-corrected chi connectivity index (χ2v) is 8.88. The maximum atomic E-state index is 13.5. The lowest BCUT2D eigenvalue weighted by atomic mass is 10.1. The summed E-state index contributed by atoms with van der Waals surface area (Å²) >= 11 is 3.46. The summed E-state index contributed by atoms with van der Waals surface area (Å²) < 4.78 is 29.2. The number of hydrogen-bond acceptors (Lipinski definition) is 2. The van der Waals surface area contributed by atoms with Crippen LogP contribution in [0, 0.1) is 6.92 Å². The van der Waals surface area contributed by atoms with Crippen LogP contribution in [0.25, 0.3) is 22.2 Å². The van der Waals surface area contributed by atoms with Crippen LogP contribution in [0.2, 0.25) is 0 Å². The van der Waals surface area contributed by atoms with E-state index in [0.29, 0.717) is 11.2 Å². The third kappa shape index (κ3) is 2.87. The Balaban J connectivity index is 2.07. The van der Waals surface area contributed by atoms with Gasteiger partial charge in [-0.1, -0.05) is 70.0 Å². The van der Waals surface area contributed by atoms with Gasteiger partial charge >= 0.3 is 0 Å². The lowest BCUT2D eigenvalue weighted by Crippen LogP contribution is -2.14. The van der Waals surface area contributed by atoms with Gasteiger partial charge in [-0.3, -0.25) is 0 Å². The van der Waals surface area contributed by atoms with E-state index in [1.165, 1.54) is 3.97 Å². The molecule has 0 amide bonds. The van der Waals surface area contributed by atoms with Gasteiger partial charge in [-0.2, -0.15) is 0 Å². The summed E-state index contributed by atoms with van der Waals surface area (Å²) in [4.78, 5) is 0.276. The van der Waals surface area contributed by atoms with Crippen LogP contribution in [0.4, 0.5) is 0 Å². The van der Waals surface area contributed by atoms with E-state index >= 15 is 0 Å². The maximum Gasteiger partial charge on any atom is 0.268 e. The van der Waals surface area contributed by atoms with Crippen LogP contribution in [-0.2, 0) is 10.0 Å². The Kier molecular flexibility index (Phi) is 4.21. The third-order valence-electron chi connectivity index (χ3n) is 4.35. The van der Waals surface area contributed by atoms with Crippen molar-refractivity contribution < 1.29 is 8.42 Å². The van der Waals surface area contributed by atoms with Crippen molar-refractivity contribution >= 4 is 36.9 Å². The molecule has 0 radical (unpaired) electrons. The zero-order valence-corrected chi connectivity index (χ0v) is 16.5. The SMILES string of the molecule is Cc1ccc(S(=O)(=O)n2c(-c3ccccc3)cc3ccc(Br)cc32)cc1. The molecule has 4 rings (SSSR count). The maximum absolute atomic E-state index is 13.5. The van der Waals surface area contributed by atoms with Gasteiger partial charge in [-0.25, -0.2) is 12.4 Å². The van der Waals surface area contributed by atoms with Gasteiger partial charge in [0.15, 0.2) is 0 Å². The predicted octanol–water partition coefficient (Wildman–Crippen LogP) is 5.62. The molecule has 5 heteroatoms. The van der Waals surface area contributed by atoms with Gasteiger partial charge in [0.25, 0.3) is 10.0 Å². The molecule has 0 unspecified atom stereocenters. The Morgan fingerprint density at radius 1 is 0.846 bits per heavy atom. The average Bonchev–Trinajstić information content (AvgIpc) is 3.02. The standard InChI is InChI=1S/C21H16BrNO2S/c1-15-7-11-19(12-8-15)26(24,25)23-20(16-5-3-2-4-6-16)13-17-9-10-18(22)14-21(17)23/h2-14H,1H3. The molecule has 0 N–H and O–H groups in total. The van der Waals surface area contributed by atoms with Crippen LogP contribution in [0.1, 0.15) is 5.56 Å². The van der Waals surface area contributed by atoms with Gasteiger partial charge in [0, 0.05) is 9.86 Å². The fraction of sp³-hybridized carbons (Fsp3) is 0.0476. The molecule has 0 saturated carbocycles. The summed E-state index contributed by atoms with van der Waals surface area (Å²) in [6.45, 7) is 1.94. The first-order valence-electron chi connectivity index (χ1n) is 8.15. The first-order valence-corrected chi connectivity index (χ1v) is 10.4. The van der Waals surface area contributed by atoms with Gasteiger partial charge in [-0.15, -0.1) is 0 Å². The molecule has 0 fully saturated rings. The van der Waals surface area contributed by atoms with Crippen molar-refractivity contribution in [3.05, 3.63) is 88.9 Å². The molecule has 1 heterocycles. The van der Waals surface area contributed by atoms with E-state index in [2.05, 4.69) is 15.9 Å². The summed E-state index contributed by atoms with van der Waals surface area (Å²) in [6.07, 6.45) is 0. The molecule has 3 nitrogen and oxygen atoms in total. The van der Waals surface area contributed by atoms with Crippen molar-refractivity contribution in [3.63, 3.8) is 0 Å². The highest BCUT2D eigenvalue weighted by molar-refractivity contribution is 9.10. The lowest BCUT2D eigenvalue weighted by Gasteiger charge is -2.12. The van der Waals surface area contributed by atoms with E-state index in [0.717, 1.165) is 21.0 Å². The molecule has 0 bridgehead atoms. The minimum Gasteiger partial charge on any atom is -0.233 e. The van der Waals surface area contributed by atoms with Gasteiger partial charge < -0.3 is 0 Å². The second-order valence-electron chi connectivity index (χ2n) is 6.18. The summed E-state index contributed by atoms with van der Waals surface area (Å²) in [5, 5.41) is 0.878. The van der Waals surface area contributed by atoms with Gasteiger partial charge in [0.1, 0.15) is 0 Å². The highest BCUT2D eigenvalue weighted by Crippen LogP contribution is 2.33. The smallest absolute Gasteiger partial charge is 0.233 e. The van der Waals surface area contributed by atoms with Gasteiger partial charge in [0.2, 0.25) is 0 Å². The van der Waals surface area contributed by atoms with Gasteiger partial charge in [-0.05, 0) is 42.8 Å². The van der Waals surface area contributed by atoms with Crippen molar-refractivity contribution in [2.24, 2.45) is 0 Å². The van der Waals surface area contributed by atoms with Crippen molar-refractivity contribution in [1.29, 1.82) is 0 Å². The van der Waals surface area contributed by atoms with Crippen molar-refractivity contribution in [2.75, 3.05) is 0 Å². The number of nitrogens with zero attached hydrogens (tertiary/aromatic N) is 1. The second kappa shape index (κ2) is 6.41. The number of halogens is 1. The van der Waals surface area contributed by atoms with Crippen LogP contribution in [0.3, 0.4) is 0 Å². The predicted molar refractivity (Wildman–Crippen MR) is 109 cm³/mol. The van der Waals surface area contributed by atoms with Crippen molar-refractivity contribution in [3.8, 4) is 11.3 Å². The Morgan fingerprint density at radius 3 is 2.23 bits per heavy atom. The quantitative estimate of drug-likeness (QED) is 0.427. The van der Waals surface area contributed by atoms with E-state index in [-0.39, 0.29) is 4.90 Å². The first kappa shape index (κ1) is 17.1. The number of rotatable bonds is 3. The zero-order chi connectivity index (χ0) is 18.3. The van der Waals surface area contributed by atoms with Crippen molar-refractivity contribution in [2.45, 2.75) is 11.8 Å². The van der Waals surface area contributed by atoms with E-state index in [9.17, 15) is 8.42 Å².